The van der Waals surface area contributed by atoms with E-state index in [4.69, 9.17) is 5.11 Å². The first-order chi connectivity index (χ1) is 3.81. The highest BCUT2D eigenvalue weighted by Crippen LogP contribution is 2.06. The van der Waals surface area contributed by atoms with Crippen molar-refractivity contribution >= 4 is 0 Å². The van der Waals surface area contributed by atoms with Crippen molar-refractivity contribution in [3.8, 4) is 0 Å². The van der Waals surface area contributed by atoms with Crippen molar-refractivity contribution in [2.75, 3.05) is 0 Å². The summed E-state index contributed by atoms with van der Waals surface area (Å²) in [6, 6.07) is 0. The van der Waals surface area contributed by atoms with Crippen LogP contribution in [0.1, 0.15) is 26.2 Å². The lowest BCUT2D eigenvalue weighted by Crippen LogP contribution is -1.88. The molecule has 0 bridgehead atoms. The quantitative estimate of drug-likeness (QED) is 0.593. The van der Waals surface area contributed by atoms with Gasteiger partial charge in [0, 0.05) is 0 Å². The zero-order chi connectivity index (χ0) is 6.41. The first kappa shape index (κ1) is 7.70. The zero-order valence-corrected chi connectivity index (χ0v) is 5.35. The van der Waals surface area contributed by atoms with E-state index in [9.17, 15) is 0 Å². The van der Waals surface area contributed by atoms with Crippen molar-refractivity contribution in [2.24, 2.45) is 0 Å². The van der Waals surface area contributed by atoms with Gasteiger partial charge in [-0.3, -0.25) is 0 Å². The Morgan fingerprint density at radius 3 is 2.75 bits per heavy atom. The monoisotopic (exact) mass is 113 g/mol. The minimum atomic E-state index is 0.409. The van der Waals surface area contributed by atoms with E-state index in [1.54, 1.807) is 0 Å². The Balaban J connectivity index is 2.98. The average Bonchev–Trinajstić information content (AvgIpc) is 1.83. The molecule has 0 aliphatic carbocycles. The fourth-order valence-electron chi connectivity index (χ4n) is 0.460. The van der Waals surface area contributed by atoms with Crippen molar-refractivity contribution in [3.63, 3.8) is 0 Å². The summed E-state index contributed by atoms with van der Waals surface area (Å²) in [4.78, 5) is 0. The lowest BCUT2D eigenvalue weighted by molar-refractivity contribution is 0.315. The minimum absolute atomic E-state index is 0.409. The largest absolute Gasteiger partial charge is 0.382 e. The second-order valence-electron chi connectivity index (χ2n) is 1.80. The van der Waals surface area contributed by atoms with Gasteiger partial charge in [0.2, 0.25) is 0 Å². The predicted molar refractivity (Wildman–Crippen MR) is 34.9 cm³/mol. The minimum Gasteiger partial charge on any atom is -0.382 e. The van der Waals surface area contributed by atoms with Gasteiger partial charge in [0.05, 0.1) is 0 Å². The molecule has 0 aromatic rings. The van der Waals surface area contributed by atoms with Gasteiger partial charge in [-0.05, 0) is 6.42 Å². The maximum atomic E-state index is 8.79. The second kappa shape index (κ2) is 4.85. The summed E-state index contributed by atoms with van der Waals surface area (Å²) < 4.78 is 0. The summed E-state index contributed by atoms with van der Waals surface area (Å²) in [7, 11) is 0. The Morgan fingerprint density at radius 2 is 2.38 bits per heavy atom. The number of aliphatic hydroxyl groups excluding tert-OH is 1. The molecule has 0 rings (SSSR count). The van der Waals surface area contributed by atoms with E-state index in [-0.39, 0.29) is 0 Å². The van der Waals surface area contributed by atoms with Crippen molar-refractivity contribution in [3.05, 3.63) is 18.8 Å². The van der Waals surface area contributed by atoms with Crippen molar-refractivity contribution < 1.29 is 5.11 Å². The number of hydrogen-bond acceptors (Lipinski definition) is 1. The fraction of sp³-hybridized carbons (Fsp3) is 0.571. The zero-order valence-electron chi connectivity index (χ0n) is 5.35. The van der Waals surface area contributed by atoms with Crippen LogP contribution in [0.4, 0.5) is 0 Å². The van der Waals surface area contributed by atoms with Crippen LogP contribution in [0, 0.1) is 6.10 Å². The molecule has 1 N–H and O–H groups in total. The molecule has 0 saturated carbocycles. The van der Waals surface area contributed by atoms with Crippen LogP contribution >= 0.6 is 0 Å². The molecule has 0 saturated heterocycles. The lowest BCUT2D eigenvalue weighted by Gasteiger charge is -1.98. The van der Waals surface area contributed by atoms with Crippen LogP contribution in [-0.2, 0) is 0 Å². The fourth-order valence-corrected chi connectivity index (χ4v) is 0.460. The maximum absolute atomic E-state index is 8.79. The Kier molecular flexibility index (Phi) is 4.67. The first-order valence-corrected chi connectivity index (χ1v) is 2.98. The molecule has 0 unspecified atom stereocenters. The summed E-state index contributed by atoms with van der Waals surface area (Å²) in [6.45, 7) is 5.52. The SMILES string of the molecule is C=C[C](O)CCCC. The van der Waals surface area contributed by atoms with E-state index in [0.717, 1.165) is 19.3 Å². The molecule has 0 aromatic heterocycles. The molecule has 47 valence electrons. The average molecular weight is 113 g/mol. The van der Waals surface area contributed by atoms with E-state index in [0.29, 0.717) is 6.10 Å². The number of aliphatic hydroxyl groups is 1. The van der Waals surface area contributed by atoms with E-state index in [1.807, 2.05) is 0 Å². The molecule has 0 atom stereocenters. The van der Waals surface area contributed by atoms with Gasteiger partial charge in [0.25, 0.3) is 0 Å². The van der Waals surface area contributed by atoms with Crippen LogP contribution in [0.25, 0.3) is 0 Å². The van der Waals surface area contributed by atoms with Crippen LogP contribution in [0.15, 0.2) is 12.7 Å². The molecule has 1 radical (unpaired) electrons. The Hall–Kier alpha value is -0.300. The maximum Gasteiger partial charge on any atom is 0.115 e. The summed E-state index contributed by atoms with van der Waals surface area (Å²) in [6.07, 6.45) is 4.86. The summed E-state index contributed by atoms with van der Waals surface area (Å²) in [5.74, 6) is 0. The summed E-state index contributed by atoms with van der Waals surface area (Å²) >= 11 is 0. The molecule has 1 heteroatoms. The molecule has 0 aliphatic rings. The second-order valence-corrected chi connectivity index (χ2v) is 1.80. The van der Waals surface area contributed by atoms with Crippen molar-refractivity contribution in [1.82, 2.24) is 0 Å². The van der Waals surface area contributed by atoms with Gasteiger partial charge < -0.3 is 5.11 Å². The van der Waals surface area contributed by atoms with E-state index >= 15 is 0 Å². The Bertz CT molecular complexity index is 59.4. The van der Waals surface area contributed by atoms with Gasteiger partial charge in [-0.2, -0.15) is 0 Å². The molecular formula is C7H13O. The number of unbranched alkanes of at least 4 members (excludes halogenated alkanes) is 1. The molecule has 0 heterocycles. The number of rotatable bonds is 4. The van der Waals surface area contributed by atoms with Crippen LogP contribution in [0.5, 0.6) is 0 Å². The summed E-state index contributed by atoms with van der Waals surface area (Å²) in [5, 5.41) is 8.79. The molecule has 0 amide bonds. The van der Waals surface area contributed by atoms with Crippen molar-refractivity contribution in [2.45, 2.75) is 26.2 Å². The Labute approximate surface area is 51.0 Å². The van der Waals surface area contributed by atoms with Gasteiger partial charge >= 0.3 is 0 Å². The van der Waals surface area contributed by atoms with Crippen LogP contribution in [-0.4, -0.2) is 5.11 Å². The third-order valence-corrected chi connectivity index (χ3v) is 1.02. The smallest absolute Gasteiger partial charge is 0.115 e. The highest BCUT2D eigenvalue weighted by molar-refractivity contribution is 4.94. The van der Waals surface area contributed by atoms with Crippen LogP contribution < -0.4 is 0 Å². The highest BCUT2D eigenvalue weighted by Gasteiger charge is 1.95. The third kappa shape index (κ3) is 3.88. The number of hydrogen-bond donors (Lipinski definition) is 1. The standard InChI is InChI=1S/C7H13O/c1-3-5-6-7(8)4-2/h4,8H,2-3,5-6H2,1H3. The highest BCUT2D eigenvalue weighted by atomic mass is 16.3. The normalized spacial score (nSPS) is 9.88. The van der Waals surface area contributed by atoms with E-state index in [2.05, 4.69) is 13.5 Å². The lowest BCUT2D eigenvalue weighted by atomic mass is 10.2. The van der Waals surface area contributed by atoms with Crippen LogP contribution in [0.3, 0.4) is 0 Å². The molecule has 0 fully saturated rings. The van der Waals surface area contributed by atoms with Gasteiger partial charge in [-0.1, -0.05) is 25.8 Å². The van der Waals surface area contributed by atoms with Crippen molar-refractivity contribution in [1.29, 1.82) is 0 Å². The summed E-state index contributed by atoms with van der Waals surface area (Å²) in [5.41, 5.74) is 0. The third-order valence-electron chi connectivity index (χ3n) is 1.02. The molecular weight excluding hydrogens is 100 g/mol. The van der Waals surface area contributed by atoms with Crippen LogP contribution in [0.2, 0.25) is 0 Å². The molecule has 1 nitrogen and oxygen atoms in total. The molecule has 8 heavy (non-hydrogen) atoms. The Morgan fingerprint density at radius 1 is 1.75 bits per heavy atom. The molecule has 0 spiro atoms. The van der Waals surface area contributed by atoms with Gasteiger partial charge in [-0.25, -0.2) is 0 Å². The molecule has 0 aromatic carbocycles. The van der Waals surface area contributed by atoms with E-state index < -0.39 is 0 Å². The van der Waals surface area contributed by atoms with Gasteiger partial charge in [-0.15, -0.1) is 6.58 Å². The van der Waals surface area contributed by atoms with E-state index in [1.165, 1.54) is 6.08 Å². The predicted octanol–water partition coefficient (Wildman–Crippen LogP) is 2.27. The van der Waals surface area contributed by atoms with Gasteiger partial charge in [0.1, 0.15) is 6.10 Å². The molecule has 0 aliphatic heterocycles. The first-order valence-electron chi connectivity index (χ1n) is 2.98. The topological polar surface area (TPSA) is 20.2 Å². The van der Waals surface area contributed by atoms with Gasteiger partial charge in [0.15, 0.2) is 0 Å².